The fourth-order valence-corrected chi connectivity index (χ4v) is 5.46. The lowest BCUT2D eigenvalue weighted by Gasteiger charge is -2.10. The smallest absolute Gasteiger partial charge is 0.341 e. The third-order valence-electron chi connectivity index (χ3n) is 5.58. The van der Waals surface area contributed by atoms with E-state index in [1.165, 1.54) is 30.2 Å². The van der Waals surface area contributed by atoms with Gasteiger partial charge in [0.1, 0.15) is 16.3 Å². The van der Waals surface area contributed by atoms with Gasteiger partial charge >= 0.3 is 5.97 Å². The highest BCUT2D eigenvalue weighted by Gasteiger charge is 2.23. The van der Waals surface area contributed by atoms with Gasteiger partial charge in [-0.15, -0.1) is 28.1 Å². The number of rotatable bonds is 10. The molecule has 4 aromatic rings. The van der Waals surface area contributed by atoms with E-state index in [0.29, 0.717) is 33.6 Å². The molecule has 2 aromatic carbocycles. The number of hydrogen-bond donors (Lipinski definition) is 1. The molecule has 10 heteroatoms. The van der Waals surface area contributed by atoms with E-state index in [-0.39, 0.29) is 11.7 Å². The minimum atomic E-state index is -0.524. The lowest BCUT2D eigenvalue weighted by atomic mass is 10.0. The molecule has 37 heavy (non-hydrogen) atoms. The number of methoxy groups -OCH3 is 2. The zero-order valence-electron chi connectivity index (χ0n) is 20.7. The summed E-state index contributed by atoms with van der Waals surface area (Å²) >= 11 is 2.54. The molecule has 2 aromatic heterocycles. The summed E-state index contributed by atoms with van der Waals surface area (Å²) in [5.41, 5.74) is 3.85. The number of anilines is 1. The molecule has 2 heterocycles. The first-order chi connectivity index (χ1) is 18.0. The molecule has 0 aliphatic carbocycles. The number of hydrogen-bond acceptors (Lipinski definition) is 8. The highest BCUT2D eigenvalue weighted by Crippen LogP contribution is 2.37. The molecule has 0 bridgehead atoms. The zero-order chi connectivity index (χ0) is 26.4. The third kappa shape index (κ3) is 5.76. The Labute approximate surface area is 223 Å². The second-order valence-electron chi connectivity index (χ2n) is 7.93. The second kappa shape index (κ2) is 11.9. The van der Waals surface area contributed by atoms with Crippen molar-refractivity contribution in [1.82, 2.24) is 14.8 Å². The topological polar surface area (TPSA) is 95.3 Å². The standard InChI is InChI=1S/C27H26N4O4S2/c1-5-14-31-24(20-9-7-6-8-17(20)2)29-30-27(31)37-16-22(32)28-25-23(26(33)35-4)21(15-36-25)18-10-12-19(34-3)13-11-18/h5-13,15H,1,14,16H2,2-4H3,(H,28,32). The van der Waals surface area contributed by atoms with E-state index in [4.69, 9.17) is 9.47 Å². The predicted molar refractivity (Wildman–Crippen MR) is 147 cm³/mol. The average molecular weight is 535 g/mol. The van der Waals surface area contributed by atoms with Crippen molar-refractivity contribution in [2.75, 3.05) is 25.3 Å². The van der Waals surface area contributed by atoms with Crippen molar-refractivity contribution in [3.63, 3.8) is 0 Å². The van der Waals surface area contributed by atoms with Crippen LogP contribution in [0.4, 0.5) is 5.00 Å². The minimum absolute atomic E-state index is 0.0828. The number of benzene rings is 2. The van der Waals surface area contributed by atoms with Crippen molar-refractivity contribution in [2.45, 2.75) is 18.6 Å². The van der Waals surface area contributed by atoms with Crippen LogP contribution in [0.5, 0.6) is 5.75 Å². The van der Waals surface area contributed by atoms with E-state index in [0.717, 1.165) is 22.5 Å². The molecule has 0 spiro atoms. The molecule has 0 aliphatic heterocycles. The Balaban J connectivity index is 1.53. The van der Waals surface area contributed by atoms with Gasteiger partial charge in [-0.25, -0.2) is 4.79 Å². The van der Waals surface area contributed by atoms with Gasteiger partial charge in [0, 0.05) is 23.1 Å². The Morgan fingerprint density at radius 1 is 1.11 bits per heavy atom. The molecular formula is C27H26N4O4S2. The van der Waals surface area contributed by atoms with Gasteiger partial charge in [-0.2, -0.15) is 0 Å². The molecule has 0 fully saturated rings. The lowest BCUT2D eigenvalue weighted by molar-refractivity contribution is -0.113. The van der Waals surface area contributed by atoms with Crippen LogP contribution in [0.2, 0.25) is 0 Å². The maximum Gasteiger partial charge on any atom is 0.341 e. The van der Waals surface area contributed by atoms with Crippen LogP contribution in [-0.4, -0.2) is 46.6 Å². The minimum Gasteiger partial charge on any atom is -0.497 e. The molecule has 0 saturated heterocycles. The number of allylic oxidation sites excluding steroid dienone is 1. The molecule has 0 aliphatic rings. The van der Waals surface area contributed by atoms with Crippen LogP contribution >= 0.6 is 23.1 Å². The first-order valence-electron chi connectivity index (χ1n) is 11.3. The normalized spacial score (nSPS) is 10.7. The van der Waals surface area contributed by atoms with Gasteiger partial charge in [0.2, 0.25) is 5.91 Å². The number of nitrogens with zero attached hydrogens (tertiary/aromatic N) is 3. The fourth-order valence-electron chi connectivity index (χ4n) is 3.74. The van der Waals surface area contributed by atoms with Crippen LogP contribution in [0.3, 0.4) is 0 Å². The number of aryl methyl sites for hydroxylation is 1. The van der Waals surface area contributed by atoms with E-state index in [1.807, 2.05) is 65.4 Å². The van der Waals surface area contributed by atoms with Crippen molar-refractivity contribution in [2.24, 2.45) is 0 Å². The number of carbonyl (C=O) groups is 2. The number of ether oxygens (including phenoxy) is 2. The van der Waals surface area contributed by atoms with Crippen LogP contribution in [0.25, 0.3) is 22.5 Å². The summed E-state index contributed by atoms with van der Waals surface area (Å²) in [4.78, 5) is 25.5. The molecule has 1 N–H and O–H groups in total. The monoisotopic (exact) mass is 534 g/mol. The Bertz CT molecular complexity index is 1430. The molecule has 0 saturated carbocycles. The molecule has 190 valence electrons. The summed E-state index contributed by atoms with van der Waals surface area (Å²) < 4.78 is 12.2. The summed E-state index contributed by atoms with van der Waals surface area (Å²) in [7, 11) is 2.91. The van der Waals surface area contributed by atoms with Gasteiger partial charge in [0.15, 0.2) is 11.0 Å². The van der Waals surface area contributed by atoms with Gasteiger partial charge < -0.3 is 14.8 Å². The molecule has 1 amide bonds. The Kier molecular flexibility index (Phi) is 8.42. The molecule has 4 rings (SSSR count). The SMILES string of the molecule is C=CCn1c(SCC(=O)Nc2scc(-c3ccc(OC)cc3)c2C(=O)OC)nnc1-c1ccccc1C. The van der Waals surface area contributed by atoms with Crippen LogP contribution in [0.1, 0.15) is 15.9 Å². The van der Waals surface area contributed by atoms with Gasteiger partial charge in [-0.05, 0) is 30.2 Å². The van der Waals surface area contributed by atoms with Crippen molar-refractivity contribution in [3.8, 4) is 28.3 Å². The largest absolute Gasteiger partial charge is 0.497 e. The molecule has 0 atom stereocenters. The van der Waals surface area contributed by atoms with Crippen molar-refractivity contribution in [1.29, 1.82) is 0 Å². The quantitative estimate of drug-likeness (QED) is 0.159. The van der Waals surface area contributed by atoms with E-state index in [1.54, 1.807) is 13.2 Å². The van der Waals surface area contributed by atoms with Crippen LogP contribution in [-0.2, 0) is 16.1 Å². The summed E-state index contributed by atoms with van der Waals surface area (Å²) in [6.07, 6.45) is 1.77. The Morgan fingerprint density at radius 2 is 1.86 bits per heavy atom. The molecular weight excluding hydrogens is 508 g/mol. The number of nitrogens with one attached hydrogen (secondary N) is 1. The Morgan fingerprint density at radius 3 is 2.54 bits per heavy atom. The number of esters is 1. The molecule has 0 unspecified atom stereocenters. The molecule has 0 radical (unpaired) electrons. The first kappa shape index (κ1) is 26.2. The lowest BCUT2D eigenvalue weighted by Crippen LogP contribution is -2.16. The third-order valence-corrected chi connectivity index (χ3v) is 7.44. The number of amides is 1. The number of thiophene rings is 1. The summed E-state index contributed by atoms with van der Waals surface area (Å²) in [6.45, 7) is 6.36. The van der Waals surface area contributed by atoms with E-state index in [2.05, 4.69) is 22.1 Å². The van der Waals surface area contributed by atoms with Crippen LogP contribution in [0.15, 0.2) is 71.7 Å². The Hall–Kier alpha value is -3.89. The molecule has 8 nitrogen and oxygen atoms in total. The van der Waals surface area contributed by atoms with E-state index < -0.39 is 5.97 Å². The first-order valence-corrected chi connectivity index (χ1v) is 13.2. The van der Waals surface area contributed by atoms with Crippen molar-refractivity contribution in [3.05, 3.63) is 77.7 Å². The summed E-state index contributed by atoms with van der Waals surface area (Å²) in [5.74, 6) is 0.710. The second-order valence-corrected chi connectivity index (χ2v) is 9.75. The zero-order valence-corrected chi connectivity index (χ0v) is 22.3. The van der Waals surface area contributed by atoms with E-state index >= 15 is 0 Å². The summed E-state index contributed by atoms with van der Waals surface area (Å²) in [5, 5.41) is 14.4. The van der Waals surface area contributed by atoms with Gasteiger partial charge in [0.25, 0.3) is 0 Å². The average Bonchev–Trinajstić information content (AvgIpc) is 3.51. The van der Waals surface area contributed by atoms with Crippen molar-refractivity contribution < 1.29 is 19.1 Å². The van der Waals surface area contributed by atoms with E-state index in [9.17, 15) is 9.59 Å². The number of carbonyl (C=O) groups excluding carboxylic acids is 2. The van der Waals surface area contributed by atoms with Gasteiger partial charge in [-0.3, -0.25) is 9.36 Å². The fraction of sp³-hybridized carbons (Fsp3) is 0.185. The maximum atomic E-state index is 12.9. The summed E-state index contributed by atoms with van der Waals surface area (Å²) in [6, 6.07) is 15.3. The van der Waals surface area contributed by atoms with Crippen LogP contribution < -0.4 is 10.1 Å². The highest BCUT2D eigenvalue weighted by molar-refractivity contribution is 7.99. The number of aromatic nitrogens is 3. The van der Waals surface area contributed by atoms with Gasteiger partial charge in [0.05, 0.1) is 20.0 Å². The number of thioether (sulfide) groups is 1. The highest BCUT2D eigenvalue weighted by atomic mass is 32.2. The van der Waals surface area contributed by atoms with Crippen molar-refractivity contribution >= 4 is 40.0 Å². The van der Waals surface area contributed by atoms with Crippen LogP contribution in [0, 0.1) is 6.92 Å². The predicted octanol–water partition coefficient (Wildman–Crippen LogP) is 5.69. The van der Waals surface area contributed by atoms with Gasteiger partial charge in [-0.1, -0.05) is 54.2 Å². The maximum absolute atomic E-state index is 12.9.